The Morgan fingerprint density at radius 3 is 2.28 bits per heavy atom. The number of ether oxygens (including phenoxy) is 1. The van der Waals surface area contributed by atoms with E-state index in [0.717, 1.165) is 20.7 Å². The summed E-state index contributed by atoms with van der Waals surface area (Å²) in [6.45, 7) is 0. The molecular weight excluding hydrogens is 711 g/mol. The molecule has 1 atom stereocenters. The number of rotatable bonds is 11. The van der Waals surface area contributed by atoms with Crippen molar-refractivity contribution in [2.24, 2.45) is 0 Å². The number of amides is 3. The van der Waals surface area contributed by atoms with E-state index >= 15 is 0 Å². The molecule has 6 aromatic rings. The van der Waals surface area contributed by atoms with E-state index in [-0.39, 0.29) is 16.6 Å². The van der Waals surface area contributed by atoms with Gasteiger partial charge in [0.05, 0.1) is 27.4 Å². The number of hydrogen-bond acceptors (Lipinski definition) is 7. The van der Waals surface area contributed by atoms with Crippen molar-refractivity contribution in [3.63, 3.8) is 0 Å². The normalized spacial score (nSPS) is 11.9. The van der Waals surface area contributed by atoms with Crippen LogP contribution in [0.5, 0.6) is 5.75 Å². The second-order valence-corrected chi connectivity index (χ2v) is 13.7. The number of methoxy groups -OCH3 is 1. The minimum Gasteiger partial charge on any atom is -0.497 e. The fraction of sp³-hybridized carbons (Fsp3) is 0.0526. The average molecular weight is 740 g/mol. The summed E-state index contributed by atoms with van der Waals surface area (Å²) in [5, 5.41) is 8.97. The molecule has 1 unspecified atom stereocenters. The molecule has 1 heterocycles. The van der Waals surface area contributed by atoms with Gasteiger partial charge in [-0.3, -0.25) is 14.4 Å². The van der Waals surface area contributed by atoms with Crippen LogP contribution in [0.4, 0.5) is 10.8 Å². The predicted molar refractivity (Wildman–Crippen MR) is 203 cm³/mol. The van der Waals surface area contributed by atoms with E-state index < -0.39 is 17.1 Å². The first-order valence-corrected chi connectivity index (χ1v) is 17.6. The highest BCUT2D eigenvalue weighted by Crippen LogP contribution is 2.38. The number of halogens is 2. The molecule has 8 nitrogen and oxygen atoms in total. The van der Waals surface area contributed by atoms with E-state index in [1.165, 1.54) is 29.2 Å². The van der Waals surface area contributed by atoms with Crippen LogP contribution in [0.25, 0.3) is 16.3 Å². The fourth-order valence-corrected chi connectivity index (χ4v) is 7.12. The van der Waals surface area contributed by atoms with Gasteiger partial charge in [0.15, 0.2) is 5.13 Å². The first-order valence-electron chi connectivity index (χ1n) is 15.2. The molecule has 0 aliphatic carbocycles. The minimum atomic E-state index is -0.594. The Bertz CT molecular complexity index is 2190. The van der Waals surface area contributed by atoms with Gasteiger partial charge in [-0.15, -0.1) is 11.8 Å². The van der Waals surface area contributed by atoms with Gasteiger partial charge in [0, 0.05) is 16.1 Å². The van der Waals surface area contributed by atoms with E-state index in [1.54, 1.807) is 67.8 Å². The second-order valence-electron chi connectivity index (χ2n) is 10.8. The molecule has 6 rings (SSSR count). The van der Waals surface area contributed by atoms with Gasteiger partial charge in [-0.1, -0.05) is 95.2 Å². The van der Waals surface area contributed by atoms with Crippen molar-refractivity contribution in [2.75, 3.05) is 17.7 Å². The number of nitrogens with zero attached hydrogens (tertiary/aromatic N) is 1. The Kier molecular flexibility index (Phi) is 11.1. The van der Waals surface area contributed by atoms with Crippen molar-refractivity contribution in [1.29, 1.82) is 0 Å². The van der Waals surface area contributed by atoms with Crippen LogP contribution in [0.3, 0.4) is 0 Å². The summed E-state index contributed by atoms with van der Waals surface area (Å²) >= 11 is 15.3. The maximum Gasteiger partial charge on any atom is 0.272 e. The number of benzene rings is 5. The van der Waals surface area contributed by atoms with Crippen LogP contribution in [-0.4, -0.2) is 29.8 Å². The summed E-state index contributed by atoms with van der Waals surface area (Å²) in [7, 11) is 1.60. The third-order valence-corrected chi connectivity index (χ3v) is 10.4. The molecular formula is C38H28Cl2N4O4S2. The topological polar surface area (TPSA) is 109 Å². The van der Waals surface area contributed by atoms with E-state index in [4.69, 9.17) is 27.9 Å². The zero-order valence-corrected chi connectivity index (χ0v) is 29.5. The maximum absolute atomic E-state index is 13.7. The smallest absolute Gasteiger partial charge is 0.272 e. The van der Waals surface area contributed by atoms with Crippen LogP contribution >= 0.6 is 46.3 Å². The minimum absolute atomic E-state index is 0.0319. The number of thiazole rings is 1. The predicted octanol–water partition coefficient (Wildman–Crippen LogP) is 9.49. The van der Waals surface area contributed by atoms with Crippen molar-refractivity contribution in [2.45, 2.75) is 10.1 Å². The van der Waals surface area contributed by atoms with Crippen LogP contribution < -0.4 is 20.7 Å². The molecule has 250 valence electrons. The SMILES string of the molecule is COc1ccc2nc(NC(=O)C(Sc3ccc(NC(=O)/C(=C/c4cccc(Cl)c4Cl)NC(=O)c4ccccc4)cc3)c3ccccc3)sc2c1. The molecule has 0 aliphatic rings. The van der Waals surface area contributed by atoms with Crippen LogP contribution in [0, 0.1) is 0 Å². The third kappa shape index (κ3) is 8.53. The fourth-order valence-electron chi connectivity index (χ4n) is 4.84. The lowest BCUT2D eigenvalue weighted by molar-refractivity contribution is -0.116. The highest BCUT2D eigenvalue weighted by Gasteiger charge is 2.24. The zero-order valence-electron chi connectivity index (χ0n) is 26.4. The Morgan fingerprint density at radius 1 is 0.840 bits per heavy atom. The summed E-state index contributed by atoms with van der Waals surface area (Å²) in [4.78, 5) is 45.6. The van der Waals surface area contributed by atoms with Gasteiger partial charge in [0.25, 0.3) is 11.8 Å². The third-order valence-electron chi connectivity index (χ3n) is 7.34. The van der Waals surface area contributed by atoms with Crippen LogP contribution in [-0.2, 0) is 9.59 Å². The Hall–Kier alpha value is -5.13. The summed E-state index contributed by atoms with van der Waals surface area (Å²) in [5.74, 6) is -0.548. The largest absolute Gasteiger partial charge is 0.497 e. The number of hydrogen-bond donors (Lipinski definition) is 3. The molecule has 12 heteroatoms. The first-order chi connectivity index (χ1) is 24.3. The number of carbonyl (C=O) groups is 3. The molecule has 0 saturated carbocycles. The van der Waals surface area contributed by atoms with Crippen molar-refractivity contribution in [3.8, 4) is 5.75 Å². The van der Waals surface area contributed by atoms with E-state index in [0.29, 0.717) is 32.7 Å². The maximum atomic E-state index is 13.7. The number of nitrogens with one attached hydrogen (secondary N) is 3. The van der Waals surface area contributed by atoms with Gasteiger partial charge in [-0.25, -0.2) is 4.98 Å². The van der Waals surface area contributed by atoms with Crippen LogP contribution in [0.15, 0.2) is 132 Å². The number of anilines is 2. The van der Waals surface area contributed by atoms with E-state index in [1.807, 2.05) is 60.7 Å². The lowest BCUT2D eigenvalue weighted by Crippen LogP contribution is -2.30. The monoisotopic (exact) mass is 738 g/mol. The quantitative estimate of drug-likeness (QED) is 0.0903. The molecule has 1 aromatic heterocycles. The standard InChI is InChI=1S/C38H28Cl2N4O4S2/c1-48-27-17-20-30-32(22-27)50-38(43-30)44-37(47)34(23-9-4-2-5-10-23)49-28-18-15-26(16-19-28)41-36(46)31(21-25-13-8-14-29(39)33(25)40)42-35(45)24-11-6-3-7-12-24/h2-22,34H,1H3,(H,41,46)(H,42,45)(H,43,44,47)/b31-21-. The van der Waals surface area contributed by atoms with Crippen molar-refractivity contribution in [3.05, 3.63) is 154 Å². The summed E-state index contributed by atoms with van der Waals surface area (Å²) in [5.41, 5.74) is 2.86. The first kappa shape index (κ1) is 34.7. The second kappa shape index (κ2) is 16.1. The molecule has 0 bridgehead atoms. The Labute approximate surface area is 306 Å². The number of aromatic nitrogens is 1. The Morgan fingerprint density at radius 2 is 1.56 bits per heavy atom. The van der Waals surface area contributed by atoms with Gasteiger partial charge < -0.3 is 20.7 Å². The van der Waals surface area contributed by atoms with E-state index in [9.17, 15) is 14.4 Å². The van der Waals surface area contributed by atoms with Gasteiger partial charge in [-0.2, -0.15) is 0 Å². The lowest BCUT2D eigenvalue weighted by Gasteiger charge is -2.17. The number of fused-ring (bicyclic) bond motifs is 1. The number of thioether (sulfide) groups is 1. The van der Waals surface area contributed by atoms with E-state index in [2.05, 4.69) is 20.9 Å². The van der Waals surface area contributed by atoms with Gasteiger partial charge in [0.2, 0.25) is 5.91 Å². The zero-order chi connectivity index (χ0) is 35.0. The molecule has 5 aromatic carbocycles. The Balaban J connectivity index is 1.19. The molecule has 0 saturated heterocycles. The summed E-state index contributed by atoms with van der Waals surface area (Å²) < 4.78 is 6.21. The molecule has 50 heavy (non-hydrogen) atoms. The molecule has 0 aliphatic heterocycles. The number of carbonyl (C=O) groups excluding carboxylic acids is 3. The van der Waals surface area contributed by atoms with Crippen LogP contribution in [0.1, 0.15) is 26.7 Å². The molecule has 3 amide bonds. The highest BCUT2D eigenvalue weighted by atomic mass is 35.5. The van der Waals surface area contributed by atoms with Crippen molar-refractivity contribution < 1.29 is 19.1 Å². The molecule has 0 spiro atoms. The van der Waals surface area contributed by atoms with Crippen molar-refractivity contribution in [1.82, 2.24) is 10.3 Å². The summed E-state index contributed by atoms with van der Waals surface area (Å²) in [6.07, 6.45) is 1.47. The average Bonchev–Trinajstić information content (AvgIpc) is 3.54. The molecule has 0 radical (unpaired) electrons. The van der Waals surface area contributed by atoms with Gasteiger partial charge in [-0.05, 0) is 77.9 Å². The molecule has 3 N–H and O–H groups in total. The van der Waals surface area contributed by atoms with Crippen LogP contribution in [0.2, 0.25) is 10.0 Å². The van der Waals surface area contributed by atoms with Gasteiger partial charge in [0.1, 0.15) is 16.7 Å². The van der Waals surface area contributed by atoms with Crippen molar-refractivity contribution >= 4 is 91.1 Å². The molecule has 0 fully saturated rings. The highest BCUT2D eigenvalue weighted by molar-refractivity contribution is 8.00. The summed E-state index contributed by atoms with van der Waals surface area (Å²) in [6, 6.07) is 35.7. The lowest BCUT2D eigenvalue weighted by atomic mass is 10.1. The van der Waals surface area contributed by atoms with Gasteiger partial charge >= 0.3 is 0 Å².